The summed E-state index contributed by atoms with van der Waals surface area (Å²) in [4.78, 5) is 22.2. The largest absolute Gasteiger partial charge is 0.395 e. The summed E-state index contributed by atoms with van der Waals surface area (Å²) in [7, 11) is -3.80. The molecular formula is C29H37F2N5O4S. The van der Waals surface area contributed by atoms with Crippen LogP contribution in [-0.2, 0) is 10.0 Å². The molecule has 1 amide bonds. The molecule has 0 bridgehead atoms. The van der Waals surface area contributed by atoms with Crippen LogP contribution in [0.3, 0.4) is 0 Å². The van der Waals surface area contributed by atoms with Gasteiger partial charge in [-0.1, -0.05) is 0 Å². The molecule has 1 aromatic carbocycles. The predicted octanol–water partition coefficient (Wildman–Crippen LogP) is 4.52. The highest BCUT2D eigenvalue weighted by Crippen LogP contribution is 2.54. The van der Waals surface area contributed by atoms with E-state index in [-0.39, 0.29) is 31.8 Å². The number of aliphatic hydroxyl groups is 1. The zero-order valence-corrected chi connectivity index (χ0v) is 24.1. The molecule has 1 spiro atoms. The average molecular weight is 590 g/mol. The Morgan fingerprint density at radius 1 is 0.951 bits per heavy atom. The summed E-state index contributed by atoms with van der Waals surface area (Å²) in [5.41, 5.74) is 2.64. The van der Waals surface area contributed by atoms with Crippen LogP contribution >= 0.6 is 0 Å². The monoisotopic (exact) mass is 589 g/mol. The Hall–Kier alpha value is -2.99. The second kappa shape index (κ2) is 10.1. The second-order valence-electron chi connectivity index (χ2n) is 12.4. The molecule has 41 heavy (non-hydrogen) atoms. The van der Waals surface area contributed by atoms with E-state index in [1.54, 1.807) is 24.3 Å². The van der Waals surface area contributed by atoms with Crippen molar-refractivity contribution < 1.29 is 27.1 Å². The van der Waals surface area contributed by atoms with Gasteiger partial charge in [-0.05, 0) is 86.8 Å². The van der Waals surface area contributed by atoms with Gasteiger partial charge >= 0.3 is 0 Å². The number of piperidine rings is 2. The maximum atomic E-state index is 13.7. The van der Waals surface area contributed by atoms with Gasteiger partial charge in [-0.25, -0.2) is 22.2 Å². The number of hydrogen-bond acceptors (Lipinski definition) is 7. The third-order valence-corrected chi connectivity index (χ3v) is 11.5. The summed E-state index contributed by atoms with van der Waals surface area (Å²) >= 11 is 0. The molecule has 0 atom stereocenters. The van der Waals surface area contributed by atoms with Crippen molar-refractivity contribution in [3.63, 3.8) is 0 Å². The second-order valence-corrected chi connectivity index (χ2v) is 14.4. The Balaban J connectivity index is 1.25. The number of alkyl halides is 2. The van der Waals surface area contributed by atoms with Crippen LogP contribution in [0.15, 0.2) is 30.3 Å². The van der Waals surface area contributed by atoms with Crippen molar-refractivity contribution in [3.8, 4) is 0 Å². The summed E-state index contributed by atoms with van der Waals surface area (Å²) < 4.78 is 54.8. The van der Waals surface area contributed by atoms with E-state index in [9.17, 15) is 27.1 Å². The normalized spacial score (nSPS) is 22.3. The van der Waals surface area contributed by atoms with E-state index in [1.165, 1.54) is 12.8 Å². The molecule has 2 aliphatic carbocycles. The molecule has 3 heterocycles. The number of nitrogens with zero attached hydrogens (tertiary/aromatic N) is 3. The van der Waals surface area contributed by atoms with Crippen molar-refractivity contribution >= 4 is 38.9 Å². The van der Waals surface area contributed by atoms with Gasteiger partial charge in [0, 0.05) is 39.0 Å². The number of aryl methyl sites for hydroxylation is 1. The van der Waals surface area contributed by atoms with Gasteiger partial charge in [-0.15, -0.1) is 0 Å². The predicted molar refractivity (Wildman–Crippen MR) is 154 cm³/mol. The van der Waals surface area contributed by atoms with E-state index in [0.29, 0.717) is 46.8 Å². The van der Waals surface area contributed by atoms with Crippen LogP contribution in [-0.4, -0.2) is 67.9 Å². The number of benzene rings is 1. The number of hydrogen-bond donors (Lipinski definition) is 3. The Labute approximate surface area is 239 Å². The van der Waals surface area contributed by atoms with E-state index in [4.69, 9.17) is 0 Å². The minimum atomic E-state index is -3.80. The number of sulfonamides is 1. The molecule has 4 fully saturated rings. The van der Waals surface area contributed by atoms with Gasteiger partial charge in [0.1, 0.15) is 16.4 Å². The van der Waals surface area contributed by atoms with Gasteiger partial charge in [-0.3, -0.25) is 9.52 Å². The van der Waals surface area contributed by atoms with Crippen LogP contribution in [0.2, 0.25) is 0 Å². The number of aliphatic hydroxyl groups excluding tert-OH is 1. The molecule has 1 aromatic heterocycles. The third kappa shape index (κ3) is 5.73. The summed E-state index contributed by atoms with van der Waals surface area (Å²) in [6.07, 6.45) is 4.85. The number of carbonyl (C=O) groups excluding carboxylic acids is 1. The Morgan fingerprint density at radius 3 is 2.22 bits per heavy atom. The number of pyridine rings is 1. The van der Waals surface area contributed by atoms with Gasteiger partial charge in [0.2, 0.25) is 10.0 Å². The number of nitrogens with one attached hydrogen (secondary N) is 2. The lowest BCUT2D eigenvalue weighted by Gasteiger charge is -2.35. The number of aromatic nitrogens is 1. The third-order valence-electron chi connectivity index (χ3n) is 9.30. The molecular weight excluding hydrogens is 552 g/mol. The fourth-order valence-corrected chi connectivity index (χ4v) is 7.45. The minimum Gasteiger partial charge on any atom is -0.395 e. The van der Waals surface area contributed by atoms with E-state index in [0.717, 1.165) is 31.5 Å². The standard InChI is InChI=1S/C29H37F2N5O4S/c1-20-16-24(32-25(17-20)36-14-10-29(30,31)11-15-36)33-26(38)22-3-2-21(34-41(39,40)28(19-37)6-7-28)18-23(22)35-12-8-27(4-5-27)9-13-35/h2-3,16-18,34,37H,4-15,19H2,1H3,(H,32,33,38). The number of carbonyl (C=O) groups is 1. The Bertz CT molecular complexity index is 1440. The molecule has 2 aromatic rings. The Morgan fingerprint density at radius 2 is 1.61 bits per heavy atom. The van der Waals surface area contributed by atoms with Crippen LogP contribution < -0.4 is 19.8 Å². The van der Waals surface area contributed by atoms with Crippen LogP contribution in [0.4, 0.5) is 31.8 Å². The van der Waals surface area contributed by atoms with E-state index >= 15 is 0 Å². The van der Waals surface area contributed by atoms with E-state index in [2.05, 4.69) is 19.9 Å². The van der Waals surface area contributed by atoms with Crippen molar-refractivity contribution in [3.05, 3.63) is 41.5 Å². The lowest BCUT2D eigenvalue weighted by molar-refractivity contribution is -0.0221. The highest BCUT2D eigenvalue weighted by atomic mass is 32.2. The van der Waals surface area contributed by atoms with Crippen LogP contribution in [0.1, 0.15) is 67.3 Å². The molecule has 6 rings (SSSR count). The van der Waals surface area contributed by atoms with Crippen LogP contribution in [0, 0.1) is 12.3 Å². The minimum absolute atomic E-state index is 0.187. The molecule has 4 aliphatic rings. The first-order valence-electron chi connectivity index (χ1n) is 14.4. The zero-order valence-electron chi connectivity index (χ0n) is 23.3. The Kier molecular flexibility index (Phi) is 6.92. The lowest BCUT2D eigenvalue weighted by Crippen LogP contribution is -2.39. The molecule has 0 unspecified atom stereocenters. The topological polar surface area (TPSA) is 115 Å². The fourth-order valence-electron chi connectivity index (χ4n) is 5.98. The molecule has 12 heteroatoms. The molecule has 0 radical (unpaired) electrons. The molecule has 3 N–H and O–H groups in total. The molecule has 2 saturated carbocycles. The van der Waals surface area contributed by atoms with Gasteiger partial charge in [0.15, 0.2) is 0 Å². The first kappa shape index (κ1) is 28.1. The van der Waals surface area contributed by atoms with Crippen molar-refractivity contribution in [1.82, 2.24) is 4.98 Å². The number of amides is 1. The van der Waals surface area contributed by atoms with Gasteiger partial charge < -0.3 is 20.2 Å². The maximum absolute atomic E-state index is 13.7. The lowest BCUT2D eigenvalue weighted by atomic mass is 9.93. The highest BCUT2D eigenvalue weighted by Gasteiger charge is 2.54. The van der Waals surface area contributed by atoms with Crippen LogP contribution in [0.5, 0.6) is 0 Å². The molecule has 2 aliphatic heterocycles. The average Bonchev–Trinajstić information content (AvgIpc) is 3.85. The first-order chi connectivity index (χ1) is 19.4. The summed E-state index contributed by atoms with van der Waals surface area (Å²) in [5, 5.41) is 12.6. The van der Waals surface area contributed by atoms with Crippen molar-refractivity contribution in [2.24, 2.45) is 5.41 Å². The maximum Gasteiger partial charge on any atom is 0.258 e. The quantitative estimate of drug-likeness (QED) is 0.415. The van der Waals surface area contributed by atoms with Crippen molar-refractivity contribution in [2.75, 3.05) is 52.6 Å². The first-order valence-corrected chi connectivity index (χ1v) is 15.9. The number of halogens is 2. The van der Waals surface area contributed by atoms with Gasteiger partial charge in [-0.2, -0.15) is 0 Å². The highest BCUT2D eigenvalue weighted by molar-refractivity contribution is 7.94. The summed E-state index contributed by atoms with van der Waals surface area (Å²) in [6.45, 7) is 3.34. The van der Waals surface area contributed by atoms with Gasteiger partial charge in [0.25, 0.3) is 11.8 Å². The number of rotatable bonds is 8. The smallest absolute Gasteiger partial charge is 0.258 e. The summed E-state index contributed by atoms with van der Waals surface area (Å²) in [5.74, 6) is -2.18. The van der Waals surface area contributed by atoms with Crippen molar-refractivity contribution in [1.29, 1.82) is 0 Å². The van der Waals surface area contributed by atoms with E-state index < -0.39 is 27.3 Å². The molecule has 9 nitrogen and oxygen atoms in total. The SMILES string of the molecule is Cc1cc(NC(=O)c2ccc(NS(=O)(=O)C3(CO)CC3)cc2N2CCC3(CC2)CC3)nc(N2CCC(F)(F)CC2)c1. The molecule has 222 valence electrons. The fraction of sp³-hybridized carbons (Fsp3) is 0.586. The van der Waals surface area contributed by atoms with Crippen LogP contribution in [0.25, 0.3) is 0 Å². The summed E-state index contributed by atoms with van der Waals surface area (Å²) in [6, 6.07) is 8.45. The van der Waals surface area contributed by atoms with Gasteiger partial charge in [0.05, 0.1) is 23.5 Å². The van der Waals surface area contributed by atoms with E-state index in [1.807, 2.05) is 17.9 Å². The number of anilines is 4. The zero-order chi connectivity index (χ0) is 29.0. The molecule has 2 saturated heterocycles. The van der Waals surface area contributed by atoms with Crippen molar-refractivity contribution in [2.45, 2.75) is 69.0 Å².